The quantitative estimate of drug-likeness (QED) is 0.790. The van der Waals surface area contributed by atoms with Crippen LogP contribution in [0.1, 0.15) is 49.0 Å². The number of carbonyl (C=O) groups excluding carboxylic acids is 1. The van der Waals surface area contributed by atoms with Crippen LogP contribution in [0.25, 0.3) is 11.3 Å². The number of methoxy groups -OCH3 is 1. The Kier molecular flexibility index (Phi) is 3.68. The normalized spacial score (nSPS) is 32.0. The van der Waals surface area contributed by atoms with Crippen LogP contribution in [0.2, 0.25) is 0 Å². The highest BCUT2D eigenvalue weighted by molar-refractivity contribution is 7.16. The lowest BCUT2D eigenvalue weighted by Gasteiger charge is -2.55. The van der Waals surface area contributed by atoms with Gasteiger partial charge in [0.15, 0.2) is 5.13 Å². The summed E-state index contributed by atoms with van der Waals surface area (Å²) in [5, 5.41) is 4.03. The zero-order valence-electron chi connectivity index (χ0n) is 16.3. The molecule has 4 fully saturated rings. The van der Waals surface area contributed by atoms with Gasteiger partial charge < -0.3 is 10.1 Å². The van der Waals surface area contributed by atoms with Gasteiger partial charge in [-0.1, -0.05) is 6.07 Å². The van der Waals surface area contributed by atoms with Gasteiger partial charge in [-0.25, -0.2) is 4.98 Å². The molecule has 1 aromatic carbocycles. The van der Waals surface area contributed by atoms with Crippen LogP contribution in [0.5, 0.6) is 5.75 Å². The zero-order valence-corrected chi connectivity index (χ0v) is 17.1. The molecule has 0 spiro atoms. The smallest absolute Gasteiger partial charge is 0.232 e. The average Bonchev–Trinajstić information content (AvgIpc) is 3.09. The van der Waals surface area contributed by atoms with Gasteiger partial charge >= 0.3 is 0 Å². The molecule has 0 aliphatic heterocycles. The number of amides is 1. The SMILES string of the molecule is COc1ccc2c(c1)-c1nc(NC(=O)C34CC5CC(CC(C5)C3)C4)sc1CC2. The fourth-order valence-electron chi connectivity index (χ4n) is 6.77. The summed E-state index contributed by atoms with van der Waals surface area (Å²) in [6.07, 6.45) is 9.38. The third-order valence-electron chi connectivity index (χ3n) is 7.63. The van der Waals surface area contributed by atoms with Gasteiger partial charge in [-0.05, 0) is 86.8 Å². The Bertz CT molecular complexity index is 928. The summed E-state index contributed by atoms with van der Waals surface area (Å²) in [6.45, 7) is 0. The number of rotatable bonds is 3. The zero-order chi connectivity index (χ0) is 18.9. The number of hydrogen-bond acceptors (Lipinski definition) is 4. The second-order valence-corrected chi connectivity index (χ2v) is 10.5. The van der Waals surface area contributed by atoms with Crippen LogP contribution >= 0.6 is 11.3 Å². The van der Waals surface area contributed by atoms with E-state index < -0.39 is 0 Å². The van der Waals surface area contributed by atoms with Crippen molar-refractivity contribution in [1.82, 2.24) is 4.98 Å². The fraction of sp³-hybridized carbons (Fsp3) is 0.565. The third kappa shape index (κ3) is 2.55. The molecule has 1 heterocycles. The minimum atomic E-state index is -0.123. The summed E-state index contributed by atoms with van der Waals surface area (Å²) >= 11 is 1.66. The second-order valence-electron chi connectivity index (χ2n) is 9.47. The lowest BCUT2D eigenvalue weighted by molar-refractivity contribution is -0.140. The van der Waals surface area contributed by atoms with Crippen LogP contribution in [-0.4, -0.2) is 18.0 Å². The highest BCUT2D eigenvalue weighted by Gasteiger charge is 2.54. The van der Waals surface area contributed by atoms with E-state index in [4.69, 9.17) is 9.72 Å². The molecule has 0 radical (unpaired) electrons. The summed E-state index contributed by atoms with van der Waals surface area (Å²) in [4.78, 5) is 19.5. The Balaban J connectivity index is 1.28. The largest absolute Gasteiger partial charge is 0.497 e. The number of aryl methyl sites for hydroxylation is 2. The maximum absolute atomic E-state index is 13.4. The summed E-state index contributed by atoms with van der Waals surface area (Å²) in [7, 11) is 1.70. The van der Waals surface area contributed by atoms with Crippen molar-refractivity contribution >= 4 is 22.4 Å². The molecule has 4 nitrogen and oxygen atoms in total. The summed E-state index contributed by atoms with van der Waals surface area (Å²) in [5.74, 6) is 3.44. The van der Waals surface area contributed by atoms with Gasteiger partial charge in [0.05, 0.1) is 18.2 Å². The molecular weight excluding hydrogens is 368 g/mol. The summed E-state index contributed by atoms with van der Waals surface area (Å²) in [6, 6.07) is 6.24. The van der Waals surface area contributed by atoms with Crippen molar-refractivity contribution in [3.05, 3.63) is 28.6 Å². The average molecular weight is 395 g/mol. The number of nitrogens with one attached hydrogen (secondary N) is 1. The standard InChI is InChI=1S/C23H26N2O2S/c1-27-17-4-2-16-3-5-19-20(18(16)9-17)24-22(28-19)25-21(26)23-10-13-6-14(11-23)8-15(7-13)12-23/h2,4,9,13-15H,3,5-8,10-12H2,1H3,(H,24,25,26). The fourth-order valence-corrected chi connectivity index (χ4v) is 7.74. The number of nitrogens with zero attached hydrogens (tertiary/aromatic N) is 1. The predicted octanol–water partition coefficient (Wildman–Crippen LogP) is 5.07. The van der Waals surface area contributed by atoms with Crippen LogP contribution in [0.15, 0.2) is 18.2 Å². The third-order valence-corrected chi connectivity index (χ3v) is 8.66. The van der Waals surface area contributed by atoms with Crippen LogP contribution < -0.4 is 10.1 Å². The number of aromatic nitrogens is 1. The first kappa shape index (κ1) is 17.0. The first-order valence-corrected chi connectivity index (χ1v) is 11.4. The first-order valence-electron chi connectivity index (χ1n) is 10.6. The molecule has 1 N–H and O–H groups in total. The van der Waals surface area contributed by atoms with Crippen LogP contribution in [0, 0.1) is 23.2 Å². The summed E-state index contributed by atoms with van der Waals surface area (Å²) in [5.41, 5.74) is 3.39. The van der Waals surface area contributed by atoms with E-state index in [1.807, 2.05) is 6.07 Å². The Morgan fingerprint density at radius 1 is 1.14 bits per heavy atom. The van der Waals surface area contributed by atoms with Crippen molar-refractivity contribution in [2.45, 2.75) is 51.4 Å². The van der Waals surface area contributed by atoms with E-state index in [-0.39, 0.29) is 11.3 Å². The molecule has 2 aromatic rings. The molecule has 1 aromatic heterocycles. The van der Waals surface area contributed by atoms with Crippen molar-refractivity contribution < 1.29 is 9.53 Å². The molecule has 146 valence electrons. The highest BCUT2D eigenvalue weighted by Crippen LogP contribution is 2.60. The van der Waals surface area contributed by atoms with Crippen molar-refractivity contribution in [3.8, 4) is 17.0 Å². The van der Waals surface area contributed by atoms with Crippen LogP contribution in [0.4, 0.5) is 5.13 Å². The molecule has 5 aliphatic rings. The van der Waals surface area contributed by atoms with Gasteiger partial charge in [0.1, 0.15) is 5.75 Å². The van der Waals surface area contributed by atoms with Gasteiger partial charge in [0.2, 0.25) is 5.91 Å². The molecule has 0 saturated heterocycles. The molecule has 0 atom stereocenters. The van der Waals surface area contributed by atoms with E-state index in [1.165, 1.54) is 29.7 Å². The number of anilines is 1. The molecule has 0 unspecified atom stereocenters. The topological polar surface area (TPSA) is 51.2 Å². The van der Waals surface area contributed by atoms with Crippen molar-refractivity contribution in [2.24, 2.45) is 23.2 Å². The Labute approximate surface area is 169 Å². The van der Waals surface area contributed by atoms with Crippen LogP contribution in [-0.2, 0) is 17.6 Å². The van der Waals surface area contributed by atoms with E-state index >= 15 is 0 Å². The van der Waals surface area contributed by atoms with Gasteiger partial charge in [-0.2, -0.15) is 0 Å². The molecule has 28 heavy (non-hydrogen) atoms. The van der Waals surface area contributed by atoms with E-state index in [0.717, 1.165) is 72.0 Å². The predicted molar refractivity (Wildman–Crippen MR) is 111 cm³/mol. The molecule has 7 rings (SSSR count). The first-order chi connectivity index (χ1) is 13.6. The number of hydrogen-bond donors (Lipinski definition) is 1. The Morgan fingerprint density at radius 3 is 2.54 bits per heavy atom. The van der Waals surface area contributed by atoms with E-state index in [1.54, 1.807) is 18.4 Å². The summed E-state index contributed by atoms with van der Waals surface area (Å²) < 4.78 is 5.41. The lowest BCUT2D eigenvalue weighted by Crippen LogP contribution is -2.51. The molecule has 4 saturated carbocycles. The minimum absolute atomic E-state index is 0.123. The number of ether oxygens (including phenoxy) is 1. The molecule has 5 heteroatoms. The van der Waals surface area contributed by atoms with Crippen molar-refractivity contribution in [3.63, 3.8) is 0 Å². The van der Waals surface area contributed by atoms with E-state index in [2.05, 4.69) is 17.4 Å². The monoisotopic (exact) mass is 394 g/mol. The van der Waals surface area contributed by atoms with Crippen molar-refractivity contribution in [2.75, 3.05) is 12.4 Å². The van der Waals surface area contributed by atoms with Gasteiger partial charge in [-0.3, -0.25) is 4.79 Å². The van der Waals surface area contributed by atoms with Gasteiger partial charge in [-0.15, -0.1) is 11.3 Å². The number of benzene rings is 1. The minimum Gasteiger partial charge on any atom is -0.497 e. The molecular formula is C23H26N2O2S. The molecule has 1 amide bonds. The Morgan fingerprint density at radius 2 is 1.86 bits per heavy atom. The highest BCUT2D eigenvalue weighted by atomic mass is 32.1. The van der Waals surface area contributed by atoms with Crippen LogP contribution in [0.3, 0.4) is 0 Å². The second kappa shape index (κ2) is 6.06. The number of fused-ring (bicyclic) bond motifs is 3. The Hall–Kier alpha value is -1.88. The maximum Gasteiger partial charge on any atom is 0.232 e. The maximum atomic E-state index is 13.4. The molecule has 4 bridgehead atoms. The molecule has 5 aliphatic carbocycles. The van der Waals surface area contributed by atoms with Gasteiger partial charge in [0, 0.05) is 10.4 Å². The number of carbonyl (C=O) groups is 1. The van der Waals surface area contributed by atoms with Crippen molar-refractivity contribution in [1.29, 1.82) is 0 Å². The van der Waals surface area contributed by atoms with E-state index in [9.17, 15) is 4.79 Å². The number of thiazole rings is 1. The lowest BCUT2D eigenvalue weighted by atomic mass is 9.49. The van der Waals surface area contributed by atoms with Gasteiger partial charge in [0.25, 0.3) is 0 Å². The van der Waals surface area contributed by atoms with E-state index in [0.29, 0.717) is 0 Å².